The molecule has 0 spiro atoms. The Kier molecular flexibility index (Phi) is 11.2. The molecule has 64 heavy (non-hydrogen) atoms. The van der Waals surface area contributed by atoms with Gasteiger partial charge in [-0.05, 0) is 106 Å². The second-order valence-corrected chi connectivity index (χ2v) is 14.9. The SMILES string of the molecule is C#Cc1ccccc1C1=C(c2ccc(Oc3ccccc3)cc2C#C)C(c2ccc(Oc3ccccc3)cc2C#C)=C(c2ccccc2C#C)C1=O.c1cc2ccc1-2.c1cc2ccc1-2. The Hall–Kier alpha value is -9.25. The van der Waals surface area contributed by atoms with Gasteiger partial charge in [0.2, 0.25) is 0 Å². The van der Waals surface area contributed by atoms with E-state index in [0.29, 0.717) is 89.8 Å². The number of fused-ring (bicyclic) bond motifs is 2. The normalized spacial score (nSPS) is 11.9. The number of benzene rings is 8. The highest BCUT2D eigenvalue weighted by molar-refractivity contribution is 6.59. The summed E-state index contributed by atoms with van der Waals surface area (Å²) >= 11 is 0. The van der Waals surface area contributed by atoms with Gasteiger partial charge in [-0.3, -0.25) is 4.79 Å². The molecule has 5 aliphatic carbocycles. The average Bonchev–Trinajstić information content (AvgIpc) is 3.63. The van der Waals surface area contributed by atoms with Crippen molar-refractivity contribution in [2.45, 2.75) is 0 Å². The molecule has 3 nitrogen and oxygen atoms in total. The molecule has 0 saturated heterocycles. The third-order valence-electron chi connectivity index (χ3n) is 11.1. The van der Waals surface area contributed by atoms with Gasteiger partial charge in [0.1, 0.15) is 23.0 Å². The van der Waals surface area contributed by atoms with Gasteiger partial charge in [0.15, 0.2) is 5.78 Å². The molecule has 6 aromatic rings. The van der Waals surface area contributed by atoms with E-state index in [1.807, 2.05) is 133 Å². The molecule has 298 valence electrons. The topological polar surface area (TPSA) is 35.5 Å². The fraction of sp³-hybridized carbons (Fsp3) is 0. The van der Waals surface area contributed by atoms with Crippen molar-refractivity contribution >= 4 is 28.1 Å². The second kappa shape index (κ2) is 17.8. The molecule has 0 unspecified atom stereocenters. The summed E-state index contributed by atoms with van der Waals surface area (Å²) in [5, 5.41) is 0. The summed E-state index contributed by atoms with van der Waals surface area (Å²) in [5.41, 5.74) is 12.1. The molecule has 0 N–H and O–H groups in total. The molecule has 0 fully saturated rings. The zero-order valence-corrected chi connectivity index (χ0v) is 34.5. The van der Waals surface area contributed by atoms with Crippen molar-refractivity contribution in [2.75, 3.05) is 0 Å². The summed E-state index contributed by atoms with van der Waals surface area (Å²) in [6, 6.07) is 61.4. The van der Waals surface area contributed by atoms with Gasteiger partial charge >= 0.3 is 0 Å². The van der Waals surface area contributed by atoms with Crippen LogP contribution < -0.4 is 9.47 Å². The van der Waals surface area contributed by atoms with Crippen LogP contribution in [0.4, 0.5) is 0 Å². The lowest BCUT2D eigenvalue weighted by molar-refractivity contribution is -0.108. The highest BCUT2D eigenvalue weighted by Crippen LogP contribution is 2.52. The van der Waals surface area contributed by atoms with Crippen LogP contribution in [0.25, 0.3) is 44.5 Å². The number of hydrogen-bond donors (Lipinski definition) is 0. The number of Topliss-reactive ketones (excluding diaryl/α,β-unsaturated/α-hetero) is 1. The Bertz CT molecular complexity index is 3070. The van der Waals surface area contributed by atoms with Gasteiger partial charge in [-0.25, -0.2) is 0 Å². The number of rotatable bonds is 8. The summed E-state index contributed by atoms with van der Waals surface area (Å²) in [6.45, 7) is 0. The molecule has 0 heterocycles. The Morgan fingerprint density at radius 2 is 0.609 bits per heavy atom. The van der Waals surface area contributed by atoms with Crippen LogP contribution in [0.15, 0.2) is 194 Å². The maximum absolute atomic E-state index is 15.2. The predicted molar refractivity (Wildman–Crippen MR) is 260 cm³/mol. The Balaban J connectivity index is 0.000000365. The van der Waals surface area contributed by atoms with Crippen molar-refractivity contribution in [2.24, 2.45) is 0 Å². The van der Waals surface area contributed by atoms with Crippen LogP contribution in [0.2, 0.25) is 0 Å². The minimum absolute atomic E-state index is 0.268. The maximum Gasteiger partial charge on any atom is 0.195 e. The van der Waals surface area contributed by atoms with Crippen LogP contribution in [0.5, 0.6) is 23.0 Å². The first-order chi connectivity index (χ1) is 31.5. The van der Waals surface area contributed by atoms with Gasteiger partial charge in [0, 0.05) is 55.7 Å². The summed E-state index contributed by atoms with van der Waals surface area (Å²) in [4.78, 5) is 15.2. The first-order valence-electron chi connectivity index (χ1n) is 20.5. The Morgan fingerprint density at radius 1 is 0.297 bits per heavy atom. The largest absolute Gasteiger partial charge is 0.457 e. The van der Waals surface area contributed by atoms with Crippen LogP contribution in [0.3, 0.4) is 0 Å². The van der Waals surface area contributed by atoms with E-state index < -0.39 is 0 Å². The van der Waals surface area contributed by atoms with Gasteiger partial charge in [0.25, 0.3) is 0 Å². The monoisotopic (exact) mass is 816 g/mol. The molecule has 0 aliphatic heterocycles. The van der Waals surface area contributed by atoms with Gasteiger partial charge < -0.3 is 9.47 Å². The van der Waals surface area contributed by atoms with Crippen molar-refractivity contribution < 1.29 is 14.3 Å². The molecule has 0 atom stereocenters. The summed E-state index contributed by atoms with van der Waals surface area (Å²) in [6.07, 6.45) is 24.6. The number of carbonyl (C=O) groups is 1. The predicted octanol–water partition coefficient (Wildman–Crippen LogP) is 13.6. The number of ketones is 1. The summed E-state index contributed by atoms with van der Waals surface area (Å²) in [5.74, 6) is 13.3. The van der Waals surface area contributed by atoms with E-state index >= 15 is 4.79 Å². The van der Waals surface area contributed by atoms with E-state index in [1.54, 1.807) is 12.1 Å². The third kappa shape index (κ3) is 7.78. The Morgan fingerprint density at radius 3 is 0.922 bits per heavy atom. The zero-order valence-electron chi connectivity index (χ0n) is 34.5. The standard InChI is InChI=1S/C49H28O3.2C6H4/c1-5-33-19-15-17-25-41(33)47-45(43-29-27-39(31-35(43)7-3)51-37-21-11-9-12-22-37)46(48(49(47)50)42-26-18-16-20-34(42)6-2)44-30-28-40(32-36(44)8-4)52-38-23-13-10-14-24-38;2*1-2-6-4-3-5(1)6/h1-4,9-32H;2*1-4H. The van der Waals surface area contributed by atoms with Crippen LogP contribution >= 0.6 is 0 Å². The minimum atomic E-state index is -0.268. The first kappa shape index (κ1) is 40.2. The number of carbonyl (C=O) groups excluding carboxylic acids is 1. The van der Waals surface area contributed by atoms with E-state index in [0.717, 1.165) is 0 Å². The van der Waals surface area contributed by atoms with Crippen LogP contribution in [-0.2, 0) is 4.79 Å². The fourth-order valence-electron chi connectivity index (χ4n) is 7.73. The quantitative estimate of drug-likeness (QED) is 0.143. The van der Waals surface area contributed by atoms with Crippen molar-refractivity contribution in [1.29, 1.82) is 0 Å². The zero-order chi connectivity index (χ0) is 44.0. The summed E-state index contributed by atoms with van der Waals surface area (Å²) in [7, 11) is 0. The van der Waals surface area contributed by atoms with Gasteiger partial charge in [-0.1, -0.05) is 145 Å². The third-order valence-corrected chi connectivity index (χ3v) is 11.1. The lowest BCUT2D eigenvalue weighted by atomic mass is 9.84. The van der Waals surface area contributed by atoms with E-state index in [1.165, 1.54) is 22.3 Å². The van der Waals surface area contributed by atoms with E-state index in [2.05, 4.69) is 72.2 Å². The second-order valence-electron chi connectivity index (χ2n) is 14.9. The smallest absolute Gasteiger partial charge is 0.195 e. The first-order valence-corrected chi connectivity index (χ1v) is 20.5. The van der Waals surface area contributed by atoms with Gasteiger partial charge in [-0.2, -0.15) is 0 Å². The molecule has 0 amide bonds. The summed E-state index contributed by atoms with van der Waals surface area (Å²) < 4.78 is 12.3. The molecule has 0 bridgehead atoms. The van der Waals surface area contributed by atoms with Crippen LogP contribution in [0.1, 0.15) is 44.5 Å². The molecular weight excluding hydrogens is 781 g/mol. The Labute approximate surface area is 374 Å². The van der Waals surface area contributed by atoms with Crippen molar-refractivity contribution in [3.63, 3.8) is 0 Å². The highest BCUT2D eigenvalue weighted by Gasteiger charge is 2.38. The van der Waals surface area contributed by atoms with E-state index in [4.69, 9.17) is 35.2 Å². The maximum atomic E-state index is 15.2. The van der Waals surface area contributed by atoms with Gasteiger partial charge in [0.05, 0.1) is 0 Å². The number of para-hydroxylation sites is 2. The van der Waals surface area contributed by atoms with E-state index in [9.17, 15) is 0 Å². The molecule has 6 aromatic carbocycles. The molecule has 0 radical (unpaired) electrons. The molecule has 11 rings (SSSR count). The van der Waals surface area contributed by atoms with Crippen molar-refractivity contribution in [3.8, 4) is 94.6 Å². The molecule has 5 aliphatic rings. The van der Waals surface area contributed by atoms with Crippen LogP contribution in [0, 0.1) is 49.4 Å². The number of allylic oxidation sites excluding steroid dienone is 4. The lowest BCUT2D eigenvalue weighted by Gasteiger charge is -2.18. The molecule has 3 heteroatoms. The molecular formula is C61H36O3. The van der Waals surface area contributed by atoms with Crippen molar-refractivity contribution in [3.05, 3.63) is 239 Å². The average molecular weight is 817 g/mol. The lowest BCUT2D eigenvalue weighted by Crippen LogP contribution is -2.05. The minimum Gasteiger partial charge on any atom is -0.457 e. The van der Waals surface area contributed by atoms with E-state index in [-0.39, 0.29) is 5.78 Å². The van der Waals surface area contributed by atoms with Gasteiger partial charge in [-0.15, -0.1) is 25.7 Å². The number of ether oxygens (including phenoxy) is 2. The molecule has 0 aromatic heterocycles. The highest BCUT2D eigenvalue weighted by atomic mass is 16.5. The number of hydrogen-bond acceptors (Lipinski definition) is 3. The molecule has 0 saturated carbocycles. The van der Waals surface area contributed by atoms with Crippen molar-refractivity contribution in [1.82, 2.24) is 0 Å². The fourth-order valence-corrected chi connectivity index (χ4v) is 7.73. The van der Waals surface area contributed by atoms with Crippen LogP contribution in [-0.4, -0.2) is 5.78 Å². The number of terminal acetylenes is 4.